The highest BCUT2D eigenvalue weighted by Gasteiger charge is 2.20. The van der Waals surface area contributed by atoms with Gasteiger partial charge >= 0.3 is 0 Å². The fourth-order valence-electron chi connectivity index (χ4n) is 1.64. The van der Waals surface area contributed by atoms with E-state index in [9.17, 15) is 9.59 Å². The molecular weight excluding hydrogens is 250 g/mol. The fourth-order valence-corrected chi connectivity index (χ4v) is 1.64. The van der Waals surface area contributed by atoms with Gasteiger partial charge in [-0.3, -0.25) is 9.59 Å². The zero-order valence-electron chi connectivity index (χ0n) is 12.5. The first-order valence-electron chi connectivity index (χ1n) is 6.42. The molecule has 0 saturated heterocycles. The van der Waals surface area contributed by atoms with Crippen LogP contribution in [0.5, 0.6) is 0 Å². The molecule has 0 atom stereocenters. The number of ketones is 1. The molecule has 0 aliphatic carbocycles. The van der Waals surface area contributed by atoms with E-state index in [0.29, 0.717) is 6.42 Å². The minimum absolute atomic E-state index is 0.0596. The summed E-state index contributed by atoms with van der Waals surface area (Å²) in [5, 5.41) is 2.66. The Hall–Kier alpha value is -2.16. The molecule has 0 radical (unpaired) electrons. The molecule has 1 aromatic rings. The number of hydrogen-bond acceptors (Lipinski definition) is 2. The van der Waals surface area contributed by atoms with Gasteiger partial charge in [0.1, 0.15) is 5.78 Å². The van der Waals surface area contributed by atoms with Crippen LogP contribution in [0, 0.1) is 0 Å². The smallest absolute Gasteiger partial charge is 0.243 e. The molecule has 108 valence electrons. The number of Topliss-reactive ketones (excluding diaryl/α,β-unsaturated/α-hetero) is 1. The van der Waals surface area contributed by atoms with Gasteiger partial charge in [-0.1, -0.05) is 49.6 Å². The molecule has 0 fully saturated rings. The normalized spacial score (nSPS) is 9.75. The van der Waals surface area contributed by atoms with Crippen LogP contribution >= 0.6 is 0 Å². The lowest BCUT2D eigenvalue weighted by Crippen LogP contribution is -2.43. The Bertz CT molecular complexity index is 461. The third-order valence-corrected chi connectivity index (χ3v) is 2.37. The van der Waals surface area contributed by atoms with Gasteiger partial charge in [0.05, 0.1) is 0 Å². The van der Waals surface area contributed by atoms with Gasteiger partial charge in [-0.25, -0.2) is 0 Å². The number of hydrogen-bond donors (Lipinski definition) is 1. The highest BCUT2D eigenvalue weighted by molar-refractivity contribution is 5.88. The zero-order chi connectivity index (χ0) is 15.6. The zero-order valence-corrected chi connectivity index (χ0v) is 12.5. The summed E-state index contributed by atoms with van der Waals surface area (Å²) in [7, 11) is 0. The van der Waals surface area contributed by atoms with Crippen LogP contribution in [-0.4, -0.2) is 17.2 Å². The molecule has 1 aromatic carbocycles. The van der Waals surface area contributed by atoms with Crippen molar-refractivity contribution >= 4 is 17.8 Å². The topological polar surface area (TPSA) is 46.2 Å². The van der Waals surface area contributed by atoms with Crippen molar-refractivity contribution in [3.63, 3.8) is 0 Å². The molecule has 0 aliphatic rings. The number of carbonyl (C=O) groups is 2. The number of benzene rings is 1. The standard InChI is InChI=1S/C9H15NO2.C8H8/c1-5-8(12)10-9(3,4)6-7(2)11;1-2-8-6-4-3-5-7-8/h5H,1,6H2,2-4H3,(H,10,12);2-7H,1H2. The van der Waals surface area contributed by atoms with Crippen molar-refractivity contribution in [1.82, 2.24) is 5.32 Å². The third kappa shape index (κ3) is 8.86. The Labute approximate surface area is 121 Å². The summed E-state index contributed by atoms with van der Waals surface area (Å²) in [6.07, 6.45) is 3.37. The van der Waals surface area contributed by atoms with Crippen molar-refractivity contribution in [3.8, 4) is 0 Å². The Kier molecular flexibility index (Phi) is 7.90. The largest absolute Gasteiger partial charge is 0.347 e. The molecule has 3 nitrogen and oxygen atoms in total. The van der Waals surface area contributed by atoms with Crippen molar-refractivity contribution < 1.29 is 9.59 Å². The van der Waals surface area contributed by atoms with Crippen LogP contribution in [-0.2, 0) is 9.59 Å². The Morgan fingerprint density at radius 3 is 2.10 bits per heavy atom. The Balaban J connectivity index is 0.000000388. The van der Waals surface area contributed by atoms with Gasteiger partial charge in [0.2, 0.25) is 5.91 Å². The minimum Gasteiger partial charge on any atom is -0.347 e. The summed E-state index contributed by atoms with van der Waals surface area (Å²) in [6.45, 7) is 12.1. The molecule has 0 aliphatic heterocycles. The maximum absolute atomic E-state index is 10.9. The van der Waals surface area contributed by atoms with Crippen LogP contribution in [0.1, 0.15) is 32.8 Å². The Morgan fingerprint density at radius 2 is 1.75 bits per heavy atom. The van der Waals surface area contributed by atoms with Gasteiger partial charge in [-0.15, -0.1) is 0 Å². The van der Waals surface area contributed by atoms with Crippen LogP contribution in [0.15, 0.2) is 49.6 Å². The van der Waals surface area contributed by atoms with Gasteiger partial charge in [0.15, 0.2) is 0 Å². The quantitative estimate of drug-likeness (QED) is 0.836. The second-order valence-corrected chi connectivity index (χ2v) is 5.07. The Morgan fingerprint density at radius 1 is 1.20 bits per heavy atom. The van der Waals surface area contributed by atoms with Crippen LogP contribution in [0.3, 0.4) is 0 Å². The van der Waals surface area contributed by atoms with E-state index in [1.54, 1.807) is 13.8 Å². The summed E-state index contributed by atoms with van der Waals surface area (Å²) in [4.78, 5) is 21.6. The average molecular weight is 273 g/mol. The first kappa shape index (κ1) is 17.8. The summed E-state index contributed by atoms with van der Waals surface area (Å²) < 4.78 is 0. The molecule has 0 heterocycles. The van der Waals surface area contributed by atoms with Crippen LogP contribution in [0.2, 0.25) is 0 Å². The van der Waals surface area contributed by atoms with Gasteiger partial charge in [-0.05, 0) is 32.4 Å². The highest BCUT2D eigenvalue weighted by Crippen LogP contribution is 2.08. The van der Waals surface area contributed by atoms with Crippen LogP contribution < -0.4 is 5.32 Å². The molecule has 0 aromatic heterocycles. The van der Waals surface area contributed by atoms with E-state index in [4.69, 9.17) is 0 Å². The van der Waals surface area contributed by atoms with E-state index in [0.717, 1.165) is 0 Å². The molecule has 1 amide bonds. The highest BCUT2D eigenvalue weighted by atomic mass is 16.1. The van der Waals surface area contributed by atoms with Crippen molar-refractivity contribution in [3.05, 3.63) is 55.1 Å². The lowest BCUT2D eigenvalue weighted by atomic mass is 9.98. The number of rotatable bonds is 5. The molecule has 0 unspecified atom stereocenters. The van der Waals surface area contributed by atoms with Gasteiger partial charge in [0.25, 0.3) is 0 Å². The number of carbonyl (C=O) groups excluding carboxylic acids is 2. The van der Waals surface area contributed by atoms with Gasteiger partial charge in [-0.2, -0.15) is 0 Å². The van der Waals surface area contributed by atoms with Crippen LogP contribution in [0.25, 0.3) is 6.08 Å². The molecule has 3 heteroatoms. The lowest BCUT2D eigenvalue weighted by Gasteiger charge is -2.23. The van der Waals surface area contributed by atoms with E-state index < -0.39 is 5.54 Å². The molecule has 0 saturated carbocycles. The van der Waals surface area contributed by atoms with Gasteiger partial charge < -0.3 is 5.32 Å². The van der Waals surface area contributed by atoms with E-state index in [-0.39, 0.29) is 11.7 Å². The molecule has 0 spiro atoms. The summed E-state index contributed by atoms with van der Waals surface area (Å²) >= 11 is 0. The van der Waals surface area contributed by atoms with E-state index in [2.05, 4.69) is 18.5 Å². The number of amides is 1. The minimum atomic E-state index is -0.475. The monoisotopic (exact) mass is 273 g/mol. The maximum atomic E-state index is 10.9. The maximum Gasteiger partial charge on any atom is 0.243 e. The molecule has 1 N–H and O–H groups in total. The van der Waals surface area contributed by atoms with Crippen molar-refractivity contribution in [2.45, 2.75) is 32.7 Å². The molecular formula is C17H23NO2. The second-order valence-electron chi connectivity index (χ2n) is 5.07. The van der Waals surface area contributed by atoms with E-state index in [1.807, 2.05) is 36.4 Å². The molecule has 0 bridgehead atoms. The molecule has 1 rings (SSSR count). The van der Waals surface area contributed by atoms with Crippen molar-refractivity contribution in [2.24, 2.45) is 0 Å². The van der Waals surface area contributed by atoms with E-state index in [1.165, 1.54) is 18.6 Å². The fraction of sp³-hybridized carbons (Fsp3) is 0.294. The van der Waals surface area contributed by atoms with E-state index >= 15 is 0 Å². The van der Waals surface area contributed by atoms with Crippen LogP contribution in [0.4, 0.5) is 0 Å². The predicted molar refractivity (Wildman–Crippen MR) is 84.2 cm³/mol. The first-order valence-corrected chi connectivity index (χ1v) is 6.42. The predicted octanol–water partition coefficient (Wildman–Crippen LogP) is 3.38. The summed E-state index contributed by atoms with van der Waals surface area (Å²) in [5.41, 5.74) is 0.699. The average Bonchev–Trinajstić information content (AvgIpc) is 2.38. The summed E-state index contributed by atoms with van der Waals surface area (Å²) in [6, 6.07) is 10.0. The van der Waals surface area contributed by atoms with Crippen molar-refractivity contribution in [1.29, 1.82) is 0 Å². The second kappa shape index (κ2) is 8.86. The summed E-state index contributed by atoms with van der Waals surface area (Å²) in [5.74, 6) is -0.189. The van der Waals surface area contributed by atoms with Gasteiger partial charge in [0, 0.05) is 12.0 Å². The lowest BCUT2D eigenvalue weighted by molar-refractivity contribution is -0.120. The SMILES string of the molecule is C=CC(=O)NC(C)(C)CC(C)=O.C=Cc1ccccc1. The third-order valence-electron chi connectivity index (χ3n) is 2.37. The molecule has 20 heavy (non-hydrogen) atoms. The number of nitrogens with one attached hydrogen (secondary N) is 1. The first-order chi connectivity index (χ1) is 9.30. The van der Waals surface area contributed by atoms with Crippen molar-refractivity contribution in [2.75, 3.05) is 0 Å².